The average Bonchev–Trinajstić information content (AvgIpc) is 3.16. The molecule has 0 N–H and O–H groups in total. The van der Waals surface area contributed by atoms with E-state index in [0.29, 0.717) is 11.3 Å². The number of hydrogen-bond acceptors (Lipinski definition) is 5. The van der Waals surface area contributed by atoms with Crippen LogP contribution in [0.25, 0.3) is 0 Å². The number of anilines is 1. The maximum atomic E-state index is 12.8. The Balaban J connectivity index is 1.68. The Labute approximate surface area is 132 Å². The molecule has 4 rings (SSSR count). The number of benzene rings is 1. The van der Waals surface area contributed by atoms with Crippen LogP contribution in [0.1, 0.15) is 17.3 Å². The second-order valence-corrected chi connectivity index (χ2v) is 6.18. The number of fused-ring (bicyclic) bond motifs is 5. The molecule has 0 radical (unpaired) electrons. The summed E-state index contributed by atoms with van der Waals surface area (Å²) < 4.78 is 10.4. The Morgan fingerprint density at radius 3 is 2.52 bits per heavy atom. The second-order valence-electron chi connectivity index (χ2n) is 6.18. The van der Waals surface area contributed by atoms with Crippen LogP contribution < -0.4 is 4.90 Å². The topological polar surface area (TPSA) is 72.9 Å². The largest absolute Gasteiger partial charge is 0.465 e. The highest BCUT2D eigenvalue weighted by Crippen LogP contribution is 2.52. The molecule has 0 spiro atoms. The van der Waals surface area contributed by atoms with Crippen LogP contribution in [0.4, 0.5) is 5.69 Å². The highest BCUT2D eigenvalue weighted by Gasteiger charge is 2.65. The van der Waals surface area contributed by atoms with E-state index in [1.807, 2.05) is 19.1 Å². The fourth-order valence-electron chi connectivity index (χ4n) is 3.77. The van der Waals surface area contributed by atoms with E-state index >= 15 is 0 Å². The number of hydrogen-bond donors (Lipinski definition) is 0. The van der Waals surface area contributed by atoms with Gasteiger partial charge < -0.3 is 9.47 Å². The molecule has 0 aromatic heterocycles. The van der Waals surface area contributed by atoms with E-state index in [1.54, 1.807) is 24.3 Å². The van der Waals surface area contributed by atoms with Gasteiger partial charge in [0, 0.05) is 0 Å². The number of carbonyl (C=O) groups excluding carboxylic acids is 3. The molecule has 2 amide bonds. The molecule has 23 heavy (non-hydrogen) atoms. The highest BCUT2D eigenvalue weighted by molar-refractivity contribution is 6.23. The van der Waals surface area contributed by atoms with Gasteiger partial charge in [0.1, 0.15) is 0 Å². The summed E-state index contributed by atoms with van der Waals surface area (Å²) in [6.07, 6.45) is 3.39. The van der Waals surface area contributed by atoms with Crippen LogP contribution >= 0.6 is 0 Å². The number of methoxy groups -OCH3 is 1. The average molecular weight is 313 g/mol. The molecule has 6 heteroatoms. The molecule has 0 unspecified atom stereocenters. The summed E-state index contributed by atoms with van der Waals surface area (Å²) in [5.41, 5.74) is 0.126. The highest BCUT2D eigenvalue weighted by atomic mass is 16.5. The van der Waals surface area contributed by atoms with E-state index in [9.17, 15) is 14.4 Å². The van der Waals surface area contributed by atoms with Crippen LogP contribution in [0, 0.1) is 11.8 Å². The van der Waals surface area contributed by atoms with Gasteiger partial charge in [0.05, 0.1) is 41.9 Å². The van der Waals surface area contributed by atoms with Crippen LogP contribution in [0.15, 0.2) is 36.4 Å². The Kier molecular flexibility index (Phi) is 2.78. The van der Waals surface area contributed by atoms with Crippen molar-refractivity contribution in [3.05, 3.63) is 42.0 Å². The first-order valence-corrected chi connectivity index (χ1v) is 7.39. The van der Waals surface area contributed by atoms with E-state index in [0.717, 1.165) is 0 Å². The number of imide groups is 1. The maximum absolute atomic E-state index is 12.8. The third kappa shape index (κ3) is 1.75. The molecule has 3 heterocycles. The molecule has 1 aromatic rings. The Morgan fingerprint density at radius 2 is 1.91 bits per heavy atom. The molecule has 3 aliphatic rings. The number of carbonyl (C=O) groups is 3. The van der Waals surface area contributed by atoms with Gasteiger partial charge in [-0.2, -0.15) is 0 Å². The third-order valence-corrected chi connectivity index (χ3v) is 4.88. The van der Waals surface area contributed by atoms with Gasteiger partial charge in [-0.1, -0.05) is 12.2 Å². The molecular formula is C17H15NO5. The normalized spacial score (nSPS) is 34.2. The summed E-state index contributed by atoms with van der Waals surface area (Å²) in [5, 5.41) is 0. The quantitative estimate of drug-likeness (QED) is 0.467. The summed E-state index contributed by atoms with van der Waals surface area (Å²) in [6, 6.07) is 6.26. The van der Waals surface area contributed by atoms with Crippen molar-refractivity contribution < 1.29 is 23.9 Å². The van der Waals surface area contributed by atoms with Crippen molar-refractivity contribution >= 4 is 23.5 Å². The molecular weight excluding hydrogens is 298 g/mol. The predicted octanol–water partition coefficient (Wildman–Crippen LogP) is 1.31. The molecule has 6 nitrogen and oxygen atoms in total. The molecule has 2 fully saturated rings. The van der Waals surface area contributed by atoms with Gasteiger partial charge >= 0.3 is 5.97 Å². The molecule has 118 valence electrons. The summed E-state index contributed by atoms with van der Waals surface area (Å²) >= 11 is 0. The first kappa shape index (κ1) is 14.1. The summed E-state index contributed by atoms with van der Waals surface area (Å²) in [6.45, 7) is 1.84. The standard InChI is InChI=1S/C17H15NO5/c1-17-8-7-11(23-17)12-13(17)15(20)18(14(12)19)10-5-3-9(4-6-10)16(21)22-2/h3-8,11-13H,1-2H3/t11-,12-,13+,17-/m1/s1. The SMILES string of the molecule is COC(=O)c1ccc(N2C(=O)[C@H]3[C@@H](C2=O)[C@@]2(C)C=C[C@H]3O2)cc1. The van der Waals surface area contributed by atoms with Crippen LogP contribution in [-0.2, 0) is 19.1 Å². The zero-order valence-corrected chi connectivity index (χ0v) is 12.7. The molecule has 0 saturated carbocycles. The van der Waals surface area contributed by atoms with Gasteiger partial charge in [-0.3, -0.25) is 9.59 Å². The van der Waals surface area contributed by atoms with Gasteiger partial charge in [-0.25, -0.2) is 9.69 Å². The zero-order chi connectivity index (χ0) is 16.4. The van der Waals surface area contributed by atoms with Crippen LogP contribution in [0.5, 0.6) is 0 Å². The summed E-state index contributed by atoms with van der Waals surface area (Å²) in [4.78, 5) is 38.2. The number of amides is 2. The lowest BCUT2D eigenvalue weighted by molar-refractivity contribution is -0.126. The minimum absolute atomic E-state index is 0.246. The lowest BCUT2D eigenvalue weighted by Crippen LogP contribution is -2.38. The fourth-order valence-corrected chi connectivity index (χ4v) is 3.77. The van der Waals surface area contributed by atoms with Gasteiger partial charge in [0.15, 0.2) is 0 Å². The fraction of sp³-hybridized carbons (Fsp3) is 0.353. The Hall–Kier alpha value is -2.47. The molecule has 0 aliphatic carbocycles. The summed E-state index contributed by atoms with van der Waals surface area (Å²) in [7, 11) is 1.30. The smallest absolute Gasteiger partial charge is 0.337 e. The Morgan fingerprint density at radius 1 is 1.22 bits per heavy atom. The molecule has 3 aliphatic heterocycles. The van der Waals surface area contributed by atoms with Crippen molar-refractivity contribution in [1.82, 2.24) is 0 Å². The Bertz CT molecular complexity index is 753. The van der Waals surface area contributed by atoms with Gasteiger partial charge in [-0.15, -0.1) is 0 Å². The van der Waals surface area contributed by atoms with E-state index in [1.165, 1.54) is 12.0 Å². The number of esters is 1. The van der Waals surface area contributed by atoms with Crippen LogP contribution in [-0.4, -0.2) is 36.6 Å². The van der Waals surface area contributed by atoms with E-state index in [-0.39, 0.29) is 17.9 Å². The van der Waals surface area contributed by atoms with Crippen molar-refractivity contribution in [2.45, 2.75) is 18.6 Å². The van der Waals surface area contributed by atoms with Gasteiger partial charge in [0.25, 0.3) is 0 Å². The second kappa shape index (κ2) is 4.52. The minimum Gasteiger partial charge on any atom is -0.465 e. The van der Waals surface area contributed by atoms with Crippen LogP contribution in [0.3, 0.4) is 0 Å². The monoisotopic (exact) mass is 313 g/mol. The first-order valence-electron chi connectivity index (χ1n) is 7.39. The number of ether oxygens (including phenoxy) is 2. The van der Waals surface area contributed by atoms with E-state index < -0.39 is 23.4 Å². The van der Waals surface area contributed by atoms with E-state index in [2.05, 4.69) is 4.74 Å². The van der Waals surface area contributed by atoms with Gasteiger partial charge in [0.2, 0.25) is 11.8 Å². The summed E-state index contributed by atoms with van der Waals surface area (Å²) in [5.74, 6) is -1.90. The van der Waals surface area contributed by atoms with Crippen LogP contribution in [0.2, 0.25) is 0 Å². The van der Waals surface area contributed by atoms with Crippen molar-refractivity contribution in [3.63, 3.8) is 0 Å². The van der Waals surface area contributed by atoms with Crippen molar-refractivity contribution in [2.75, 3.05) is 12.0 Å². The molecule has 1 aromatic carbocycles. The number of rotatable bonds is 2. The van der Waals surface area contributed by atoms with Crippen molar-refractivity contribution in [3.8, 4) is 0 Å². The predicted molar refractivity (Wildman–Crippen MR) is 79.7 cm³/mol. The van der Waals surface area contributed by atoms with E-state index in [4.69, 9.17) is 4.74 Å². The molecule has 4 atom stereocenters. The van der Waals surface area contributed by atoms with Crippen molar-refractivity contribution in [1.29, 1.82) is 0 Å². The first-order chi connectivity index (χ1) is 11.0. The zero-order valence-electron chi connectivity index (χ0n) is 12.7. The molecule has 2 bridgehead atoms. The minimum atomic E-state index is -0.706. The van der Waals surface area contributed by atoms with Crippen molar-refractivity contribution in [2.24, 2.45) is 11.8 Å². The lowest BCUT2D eigenvalue weighted by atomic mass is 9.78. The maximum Gasteiger partial charge on any atom is 0.337 e. The van der Waals surface area contributed by atoms with Gasteiger partial charge in [-0.05, 0) is 31.2 Å². The lowest BCUT2D eigenvalue weighted by Gasteiger charge is -2.24. The number of nitrogens with zero attached hydrogens (tertiary/aromatic N) is 1. The third-order valence-electron chi connectivity index (χ3n) is 4.88. The molecule has 2 saturated heterocycles.